The van der Waals surface area contributed by atoms with Crippen molar-refractivity contribution in [1.29, 1.82) is 0 Å². The van der Waals surface area contributed by atoms with Gasteiger partial charge in [0.15, 0.2) is 0 Å². The predicted molar refractivity (Wildman–Crippen MR) is 98.5 cm³/mol. The molecule has 3 rings (SSSR count). The molecule has 1 aromatic carbocycles. The van der Waals surface area contributed by atoms with Gasteiger partial charge in [0.2, 0.25) is 17.7 Å². The molecule has 0 saturated heterocycles. The van der Waals surface area contributed by atoms with E-state index in [2.05, 4.69) is 31.4 Å². The smallest absolute Gasteiger partial charge is 0.248 e. The molecule has 25 heavy (non-hydrogen) atoms. The van der Waals surface area contributed by atoms with Crippen LogP contribution in [0.15, 0.2) is 43.9 Å². The molecule has 6 nitrogen and oxygen atoms in total. The second-order valence-electron chi connectivity index (χ2n) is 5.25. The Morgan fingerprint density at radius 1 is 1.36 bits per heavy atom. The van der Waals surface area contributed by atoms with Crippen LogP contribution in [0.2, 0.25) is 0 Å². The summed E-state index contributed by atoms with van der Waals surface area (Å²) in [5.74, 6) is 1.59. The first-order valence-electron chi connectivity index (χ1n) is 7.60. The highest BCUT2D eigenvalue weighted by atomic mass is 79.9. The van der Waals surface area contributed by atoms with Crippen molar-refractivity contribution in [2.24, 2.45) is 0 Å². The third kappa shape index (κ3) is 4.67. The van der Waals surface area contributed by atoms with E-state index in [-0.39, 0.29) is 12.3 Å². The van der Waals surface area contributed by atoms with Crippen LogP contribution in [0.3, 0.4) is 0 Å². The van der Waals surface area contributed by atoms with Gasteiger partial charge in [-0.25, -0.2) is 0 Å². The number of nitrogens with zero attached hydrogens (tertiary/aromatic N) is 2. The molecular weight excluding hydrogens is 406 g/mol. The quantitative estimate of drug-likeness (QED) is 0.627. The molecule has 2 aromatic heterocycles. The number of hydrogen-bond donors (Lipinski definition) is 1. The maximum atomic E-state index is 12.1. The van der Waals surface area contributed by atoms with Gasteiger partial charge in [-0.3, -0.25) is 4.79 Å². The van der Waals surface area contributed by atoms with Crippen molar-refractivity contribution < 1.29 is 13.9 Å². The second-order valence-corrected chi connectivity index (χ2v) is 6.94. The molecule has 0 spiro atoms. The number of aromatic nitrogens is 2. The van der Waals surface area contributed by atoms with Crippen LogP contribution in [-0.4, -0.2) is 23.2 Å². The molecule has 0 fully saturated rings. The normalized spacial score (nSPS) is 10.6. The lowest BCUT2D eigenvalue weighted by molar-refractivity contribution is -0.121. The summed E-state index contributed by atoms with van der Waals surface area (Å²) in [5.41, 5.74) is 1.80. The van der Waals surface area contributed by atoms with Gasteiger partial charge in [-0.1, -0.05) is 15.9 Å². The van der Waals surface area contributed by atoms with Crippen LogP contribution in [0.25, 0.3) is 11.5 Å². The van der Waals surface area contributed by atoms with Crippen molar-refractivity contribution >= 4 is 33.2 Å². The lowest BCUT2D eigenvalue weighted by atomic mass is 10.2. The van der Waals surface area contributed by atoms with E-state index in [0.717, 1.165) is 21.3 Å². The predicted octanol–water partition coefficient (Wildman–Crippen LogP) is 3.82. The molecule has 0 aliphatic heterocycles. The van der Waals surface area contributed by atoms with Gasteiger partial charge in [-0.05, 0) is 29.6 Å². The van der Waals surface area contributed by atoms with E-state index < -0.39 is 0 Å². The second kappa shape index (κ2) is 8.26. The number of amides is 1. The number of nitrogens with one attached hydrogen (secondary N) is 1. The van der Waals surface area contributed by atoms with Crippen molar-refractivity contribution in [3.8, 4) is 17.2 Å². The summed E-state index contributed by atoms with van der Waals surface area (Å²) in [7, 11) is 1.61. The van der Waals surface area contributed by atoms with Gasteiger partial charge in [0, 0.05) is 40.4 Å². The van der Waals surface area contributed by atoms with Crippen LogP contribution in [0.1, 0.15) is 17.9 Å². The molecule has 0 bridgehead atoms. The summed E-state index contributed by atoms with van der Waals surface area (Å²) in [6.07, 6.45) is 0.681. The van der Waals surface area contributed by atoms with E-state index in [1.54, 1.807) is 18.4 Å². The summed E-state index contributed by atoms with van der Waals surface area (Å²) in [6, 6.07) is 7.59. The summed E-state index contributed by atoms with van der Waals surface area (Å²) in [5, 5.41) is 14.7. The Labute approximate surface area is 157 Å². The number of halogens is 1. The molecule has 0 saturated carbocycles. The summed E-state index contributed by atoms with van der Waals surface area (Å²) < 4.78 is 11.8. The Morgan fingerprint density at radius 3 is 3.00 bits per heavy atom. The first-order chi connectivity index (χ1) is 12.2. The molecule has 0 unspecified atom stereocenters. The van der Waals surface area contributed by atoms with Crippen molar-refractivity contribution in [1.82, 2.24) is 15.5 Å². The number of ether oxygens (including phenoxy) is 1. The van der Waals surface area contributed by atoms with Gasteiger partial charge in [0.05, 0.1) is 7.11 Å². The number of aryl methyl sites for hydroxylation is 1. The number of thiophene rings is 1. The van der Waals surface area contributed by atoms with Gasteiger partial charge in [0.25, 0.3) is 0 Å². The van der Waals surface area contributed by atoms with Crippen molar-refractivity contribution in [3.05, 3.63) is 51.0 Å². The zero-order chi connectivity index (χ0) is 17.6. The van der Waals surface area contributed by atoms with Crippen LogP contribution in [0.5, 0.6) is 5.75 Å². The van der Waals surface area contributed by atoms with Gasteiger partial charge in [-0.15, -0.1) is 10.2 Å². The van der Waals surface area contributed by atoms with Gasteiger partial charge >= 0.3 is 0 Å². The maximum Gasteiger partial charge on any atom is 0.248 e. The Balaban J connectivity index is 1.51. The lowest BCUT2D eigenvalue weighted by Crippen LogP contribution is -2.23. The summed E-state index contributed by atoms with van der Waals surface area (Å²) in [6.45, 7) is 0.394. The SMILES string of the molecule is COc1ccc(Br)cc1CNC(=O)CCc1nnc(-c2ccsc2)o1. The average Bonchev–Trinajstić information content (AvgIpc) is 3.29. The Hall–Kier alpha value is -2.19. The van der Waals surface area contributed by atoms with Gasteiger partial charge in [0.1, 0.15) is 5.75 Å². The largest absolute Gasteiger partial charge is 0.496 e. The molecule has 0 radical (unpaired) electrons. The molecule has 2 heterocycles. The first kappa shape index (κ1) is 17.6. The van der Waals surface area contributed by atoms with Gasteiger partial charge in [-0.2, -0.15) is 11.3 Å². The summed E-state index contributed by atoms with van der Waals surface area (Å²) >= 11 is 4.98. The van der Waals surface area contributed by atoms with Crippen molar-refractivity contribution in [3.63, 3.8) is 0 Å². The van der Waals surface area contributed by atoms with Crippen LogP contribution in [-0.2, 0) is 17.8 Å². The highest BCUT2D eigenvalue weighted by molar-refractivity contribution is 9.10. The fraction of sp³-hybridized carbons (Fsp3) is 0.235. The molecule has 130 valence electrons. The molecule has 0 atom stereocenters. The number of rotatable bonds is 7. The van der Waals surface area contributed by atoms with Crippen LogP contribution in [0, 0.1) is 0 Å². The monoisotopic (exact) mass is 421 g/mol. The first-order valence-corrected chi connectivity index (χ1v) is 9.33. The highest BCUT2D eigenvalue weighted by Crippen LogP contribution is 2.23. The Kier molecular flexibility index (Phi) is 5.83. The van der Waals surface area contributed by atoms with E-state index in [9.17, 15) is 4.79 Å². The topological polar surface area (TPSA) is 77.2 Å². The average molecular weight is 422 g/mol. The number of benzene rings is 1. The van der Waals surface area contributed by atoms with Crippen molar-refractivity contribution in [2.45, 2.75) is 19.4 Å². The maximum absolute atomic E-state index is 12.1. The zero-order valence-electron chi connectivity index (χ0n) is 13.5. The minimum atomic E-state index is -0.0858. The molecule has 1 N–H and O–H groups in total. The molecule has 3 aromatic rings. The minimum Gasteiger partial charge on any atom is -0.496 e. The molecule has 8 heteroatoms. The van der Waals surface area contributed by atoms with Crippen molar-refractivity contribution in [2.75, 3.05) is 7.11 Å². The van der Waals surface area contributed by atoms with E-state index in [1.165, 1.54) is 0 Å². The van der Waals surface area contributed by atoms with Gasteiger partial charge < -0.3 is 14.5 Å². The van der Waals surface area contributed by atoms with E-state index in [1.807, 2.05) is 35.0 Å². The number of methoxy groups -OCH3 is 1. The number of hydrogen-bond acceptors (Lipinski definition) is 6. The lowest BCUT2D eigenvalue weighted by Gasteiger charge is -2.10. The van der Waals surface area contributed by atoms with E-state index >= 15 is 0 Å². The van der Waals surface area contributed by atoms with Crippen LogP contribution in [0.4, 0.5) is 0 Å². The third-order valence-corrected chi connectivity index (χ3v) is 4.70. The summed E-state index contributed by atoms with van der Waals surface area (Å²) in [4.78, 5) is 12.1. The fourth-order valence-electron chi connectivity index (χ4n) is 2.25. The Morgan fingerprint density at radius 2 is 2.24 bits per heavy atom. The third-order valence-electron chi connectivity index (χ3n) is 3.52. The Bertz CT molecular complexity index is 849. The standard InChI is InChI=1S/C17H16BrN3O3S/c1-23-14-3-2-13(18)8-12(14)9-19-15(22)4-5-16-20-21-17(24-16)11-6-7-25-10-11/h2-3,6-8,10H,4-5,9H2,1H3,(H,19,22). The molecule has 0 aliphatic rings. The zero-order valence-corrected chi connectivity index (χ0v) is 15.9. The van der Waals surface area contributed by atoms with E-state index in [4.69, 9.17) is 9.15 Å². The fourth-order valence-corrected chi connectivity index (χ4v) is 3.28. The minimum absolute atomic E-state index is 0.0858. The number of carbonyl (C=O) groups excluding carboxylic acids is 1. The molecular formula is C17H16BrN3O3S. The molecule has 0 aliphatic carbocycles. The molecule has 1 amide bonds. The van der Waals surface area contributed by atoms with Crippen LogP contribution >= 0.6 is 27.3 Å². The van der Waals surface area contributed by atoms with Crippen LogP contribution < -0.4 is 10.1 Å². The number of carbonyl (C=O) groups is 1. The highest BCUT2D eigenvalue weighted by Gasteiger charge is 2.11. The van der Waals surface area contributed by atoms with E-state index in [0.29, 0.717) is 24.7 Å².